The van der Waals surface area contributed by atoms with Crippen LogP contribution in [0.1, 0.15) is 110 Å². The maximum absolute atomic E-state index is 12.6. The minimum absolute atomic E-state index is 0.210. The van der Waals surface area contributed by atoms with E-state index in [9.17, 15) is 30.3 Å². The van der Waals surface area contributed by atoms with Gasteiger partial charge in [-0.1, -0.05) is 94.8 Å². The van der Waals surface area contributed by atoms with Crippen molar-refractivity contribution in [3.05, 3.63) is 22.6 Å². The molecule has 0 radical (unpaired) electrons. The Morgan fingerprint density at radius 3 is 2.19 bits per heavy atom. The monoisotopic (exact) mass is 600 g/mol. The van der Waals surface area contributed by atoms with Crippen molar-refractivity contribution in [3.63, 3.8) is 0 Å². The lowest BCUT2D eigenvalue weighted by atomic mass is 9.99. The fraction of sp³-hybridized carbons (Fsp3) is 0.900. The standard InChI is InChI=1S/C30H56N4O8/c1-2-3-4-5-6-7-8-9-10-11-12-13-15-18-24(36)23(33-26(37)19-16-14-17-20-32-34-31)22-41-30-29(40)28(39)27(38)25(21-35)42-30/h15,18,23-25,27-30,35-36,38-40H,2-14,16-17,19-22H2,1H3,(H,33,37)/b18-15+/t23-,24+,25?,27?,28?,29?,30?/m0/s1. The lowest BCUT2D eigenvalue weighted by Crippen LogP contribution is -2.60. The van der Waals surface area contributed by atoms with Gasteiger partial charge in [-0.05, 0) is 31.2 Å². The summed E-state index contributed by atoms with van der Waals surface area (Å²) in [7, 11) is 0. The number of nitrogens with zero attached hydrogens (tertiary/aromatic N) is 3. The maximum atomic E-state index is 12.6. The first kappa shape index (κ1) is 38.3. The number of amides is 1. The minimum Gasteiger partial charge on any atom is -0.394 e. The third-order valence-corrected chi connectivity index (χ3v) is 7.58. The lowest BCUT2D eigenvalue weighted by Gasteiger charge is -2.40. The summed E-state index contributed by atoms with van der Waals surface area (Å²) >= 11 is 0. The second kappa shape index (κ2) is 24.7. The van der Waals surface area contributed by atoms with Gasteiger partial charge < -0.3 is 40.3 Å². The molecule has 0 bridgehead atoms. The summed E-state index contributed by atoms with van der Waals surface area (Å²) in [4.78, 5) is 15.3. The SMILES string of the molecule is CCCCCCCCCCCCC/C=C/[C@@H](O)[C@H](COC1OC(CO)C(O)C(O)C1O)NC(=O)CCCCCN=[N+]=[N-]. The van der Waals surface area contributed by atoms with Crippen LogP contribution in [0.15, 0.2) is 17.3 Å². The van der Waals surface area contributed by atoms with Gasteiger partial charge in [-0.3, -0.25) is 4.79 Å². The summed E-state index contributed by atoms with van der Waals surface area (Å²) in [5, 5.41) is 56.7. The molecule has 0 aromatic rings. The number of carbonyl (C=O) groups is 1. The third kappa shape index (κ3) is 16.8. The van der Waals surface area contributed by atoms with Gasteiger partial charge in [0.05, 0.1) is 25.4 Å². The molecule has 0 saturated carbocycles. The minimum atomic E-state index is -1.59. The van der Waals surface area contributed by atoms with Crippen LogP contribution in [-0.2, 0) is 14.3 Å². The van der Waals surface area contributed by atoms with Gasteiger partial charge in [-0.15, -0.1) is 0 Å². The molecule has 1 rings (SSSR count). The van der Waals surface area contributed by atoms with Gasteiger partial charge in [-0.25, -0.2) is 0 Å². The Morgan fingerprint density at radius 2 is 1.57 bits per heavy atom. The second-order valence-corrected chi connectivity index (χ2v) is 11.2. The quantitative estimate of drug-likeness (QED) is 0.0299. The number of hydrogen-bond donors (Lipinski definition) is 6. The molecule has 0 spiro atoms. The number of allylic oxidation sites excluding steroid dienone is 1. The molecule has 244 valence electrons. The van der Waals surface area contributed by atoms with E-state index in [1.165, 1.54) is 57.8 Å². The maximum Gasteiger partial charge on any atom is 0.220 e. The largest absolute Gasteiger partial charge is 0.394 e. The van der Waals surface area contributed by atoms with E-state index < -0.39 is 49.5 Å². The van der Waals surface area contributed by atoms with Gasteiger partial charge in [0.25, 0.3) is 0 Å². The molecule has 42 heavy (non-hydrogen) atoms. The first-order valence-electron chi connectivity index (χ1n) is 15.9. The van der Waals surface area contributed by atoms with Crippen molar-refractivity contribution in [2.75, 3.05) is 19.8 Å². The summed E-state index contributed by atoms with van der Waals surface area (Å²) in [6, 6.07) is -0.860. The van der Waals surface area contributed by atoms with Gasteiger partial charge >= 0.3 is 0 Å². The fourth-order valence-electron chi connectivity index (χ4n) is 4.89. The second-order valence-electron chi connectivity index (χ2n) is 11.2. The molecule has 0 aromatic carbocycles. The third-order valence-electron chi connectivity index (χ3n) is 7.58. The van der Waals surface area contributed by atoms with Gasteiger partial charge in [0.2, 0.25) is 5.91 Å². The number of nitrogens with one attached hydrogen (secondary N) is 1. The Bertz CT molecular complexity index is 766. The van der Waals surface area contributed by atoms with E-state index >= 15 is 0 Å². The van der Waals surface area contributed by atoms with Crippen LogP contribution in [0.4, 0.5) is 0 Å². The first-order chi connectivity index (χ1) is 20.3. The molecular weight excluding hydrogens is 544 g/mol. The molecule has 6 N–H and O–H groups in total. The molecule has 7 atom stereocenters. The Morgan fingerprint density at radius 1 is 0.952 bits per heavy atom. The number of aliphatic hydroxyl groups is 5. The van der Waals surface area contributed by atoms with E-state index in [4.69, 9.17) is 15.0 Å². The van der Waals surface area contributed by atoms with Crippen molar-refractivity contribution >= 4 is 5.91 Å². The predicted molar refractivity (Wildman–Crippen MR) is 160 cm³/mol. The van der Waals surface area contributed by atoms with Crippen LogP contribution < -0.4 is 5.32 Å². The van der Waals surface area contributed by atoms with Gasteiger partial charge in [0, 0.05) is 17.9 Å². The van der Waals surface area contributed by atoms with E-state index in [0.29, 0.717) is 25.8 Å². The summed E-state index contributed by atoms with van der Waals surface area (Å²) in [6.45, 7) is 1.77. The fourth-order valence-corrected chi connectivity index (χ4v) is 4.89. The highest BCUT2D eigenvalue weighted by molar-refractivity contribution is 5.76. The average Bonchev–Trinajstić information content (AvgIpc) is 2.98. The zero-order valence-electron chi connectivity index (χ0n) is 25.4. The topological polar surface area (TPSA) is 197 Å². The highest BCUT2D eigenvalue weighted by Gasteiger charge is 2.44. The van der Waals surface area contributed by atoms with E-state index in [2.05, 4.69) is 22.3 Å². The van der Waals surface area contributed by atoms with E-state index in [0.717, 1.165) is 19.3 Å². The van der Waals surface area contributed by atoms with Crippen LogP contribution in [0.3, 0.4) is 0 Å². The van der Waals surface area contributed by atoms with Gasteiger partial charge in [-0.2, -0.15) is 0 Å². The van der Waals surface area contributed by atoms with Crippen LogP contribution in [0.5, 0.6) is 0 Å². The molecule has 12 heteroatoms. The van der Waals surface area contributed by atoms with Crippen LogP contribution >= 0.6 is 0 Å². The molecule has 1 saturated heterocycles. The Balaban J connectivity index is 2.52. The van der Waals surface area contributed by atoms with Crippen LogP contribution in [0.25, 0.3) is 10.4 Å². The molecule has 0 aromatic heterocycles. The number of ether oxygens (including phenoxy) is 2. The Kier molecular flexibility index (Phi) is 22.5. The zero-order chi connectivity index (χ0) is 31.0. The van der Waals surface area contributed by atoms with Crippen LogP contribution in [-0.4, -0.2) is 94.1 Å². The number of unbranched alkanes of at least 4 members (excludes halogenated alkanes) is 13. The molecule has 1 aliphatic rings. The van der Waals surface area contributed by atoms with E-state index in [-0.39, 0.29) is 18.9 Å². The summed E-state index contributed by atoms with van der Waals surface area (Å²) < 4.78 is 11.0. The van der Waals surface area contributed by atoms with Gasteiger partial charge in [0.1, 0.15) is 24.4 Å². The normalized spacial score (nSPS) is 23.9. The Hall–Kier alpha value is -1.76. The first-order valence-corrected chi connectivity index (χ1v) is 15.9. The number of azide groups is 1. The predicted octanol–water partition coefficient (Wildman–Crippen LogP) is 3.78. The number of hydrogen-bond acceptors (Lipinski definition) is 9. The van der Waals surface area contributed by atoms with Crippen LogP contribution in [0.2, 0.25) is 0 Å². The number of aliphatic hydroxyl groups excluding tert-OH is 5. The number of rotatable bonds is 25. The van der Waals surface area contributed by atoms with Crippen molar-refractivity contribution in [2.24, 2.45) is 5.11 Å². The van der Waals surface area contributed by atoms with Gasteiger partial charge in [0.15, 0.2) is 6.29 Å². The summed E-state index contributed by atoms with van der Waals surface area (Å²) in [5.74, 6) is -0.293. The van der Waals surface area contributed by atoms with E-state index in [1.54, 1.807) is 6.08 Å². The molecule has 5 unspecified atom stereocenters. The zero-order valence-corrected chi connectivity index (χ0v) is 25.4. The molecule has 1 heterocycles. The van der Waals surface area contributed by atoms with Crippen molar-refractivity contribution in [2.45, 2.75) is 153 Å². The smallest absolute Gasteiger partial charge is 0.220 e. The van der Waals surface area contributed by atoms with E-state index in [1.807, 2.05) is 6.08 Å². The highest BCUT2D eigenvalue weighted by Crippen LogP contribution is 2.22. The molecule has 1 amide bonds. The number of carbonyl (C=O) groups excluding carboxylic acids is 1. The Labute approximate surface area is 251 Å². The molecule has 0 aliphatic carbocycles. The molecule has 1 aliphatic heterocycles. The lowest BCUT2D eigenvalue weighted by molar-refractivity contribution is -0.302. The average molecular weight is 601 g/mol. The van der Waals surface area contributed by atoms with Crippen molar-refractivity contribution in [1.29, 1.82) is 0 Å². The molecular formula is C30H56N4O8. The van der Waals surface area contributed by atoms with Crippen molar-refractivity contribution < 1.29 is 39.8 Å². The van der Waals surface area contributed by atoms with Crippen LogP contribution in [0, 0.1) is 0 Å². The summed E-state index contributed by atoms with van der Waals surface area (Å²) in [6.07, 6.45) is 12.0. The van der Waals surface area contributed by atoms with Crippen molar-refractivity contribution in [3.8, 4) is 0 Å². The van der Waals surface area contributed by atoms with Crippen molar-refractivity contribution in [1.82, 2.24) is 5.32 Å². The molecule has 1 fully saturated rings. The summed E-state index contributed by atoms with van der Waals surface area (Å²) in [5.41, 5.74) is 8.34. The highest BCUT2D eigenvalue weighted by atomic mass is 16.7. The molecule has 12 nitrogen and oxygen atoms in total.